The Hall–Kier alpha value is -0.870. The van der Waals surface area contributed by atoms with Crippen molar-refractivity contribution in [2.24, 2.45) is 0 Å². The highest BCUT2D eigenvalue weighted by atomic mass is 79.9. The van der Waals surface area contributed by atoms with Gasteiger partial charge in [0, 0.05) is 15.6 Å². The van der Waals surface area contributed by atoms with Crippen LogP contribution in [-0.4, -0.2) is 16.8 Å². The Kier molecular flexibility index (Phi) is 3.89. The number of amides is 1. The van der Waals surface area contributed by atoms with Gasteiger partial charge in [-0.15, -0.1) is 11.3 Å². The van der Waals surface area contributed by atoms with Gasteiger partial charge in [-0.1, -0.05) is 34.1 Å². The Morgan fingerprint density at radius 2 is 1.95 bits per heavy atom. The molecular formula is C15H16BrNOS. The molecule has 4 heteroatoms. The fourth-order valence-corrected chi connectivity index (χ4v) is 4.04. The van der Waals surface area contributed by atoms with Crippen LogP contribution in [0.15, 0.2) is 30.3 Å². The van der Waals surface area contributed by atoms with Crippen LogP contribution in [0.4, 0.5) is 0 Å². The van der Waals surface area contributed by atoms with E-state index >= 15 is 0 Å². The predicted molar refractivity (Wildman–Crippen MR) is 84.3 cm³/mol. The van der Waals surface area contributed by atoms with E-state index in [1.54, 1.807) is 11.3 Å². The Balaban J connectivity index is 1.70. The summed E-state index contributed by atoms with van der Waals surface area (Å²) >= 11 is 5.21. The molecule has 1 amide bonds. The van der Waals surface area contributed by atoms with Crippen LogP contribution < -0.4 is 5.32 Å². The molecule has 19 heavy (non-hydrogen) atoms. The Labute approximate surface area is 125 Å². The maximum absolute atomic E-state index is 12.3. The maximum atomic E-state index is 12.3. The van der Waals surface area contributed by atoms with Crippen molar-refractivity contribution in [3.63, 3.8) is 0 Å². The average molecular weight is 338 g/mol. The first-order valence-electron chi connectivity index (χ1n) is 6.66. The zero-order valence-corrected chi connectivity index (χ0v) is 13.0. The highest BCUT2D eigenvalue weighted by Crippen LogP contribution is 2.27. The van der Waals surface area contributed by atoms with Gasteiger partial charge in [0.1, 0.15) is 0 Å². The van der Waals surface area contributed by atoms with E-state index < -0.39 is 0 Å². The van der Waals surface area contributed by atoms with Crippen molar-refractivity contribution in [2.75, 3.05) is 0 Å². The molecule has 2 aromatic rings. The molecule has 1 fully saturated rings. The molecule has 1 heterocycles. The first-order valence-corrected chi connectivity index (χ1v) is 8.39. The fourth-order valence-electron chi connectivity index (χ4n) is 2.55. The Morgan fingerprint density at radius 1 is 1.21 bits per heavy atom. The summed E-state index contributed by atoms with van der Waals surface area (Å²) in [6, 6.07) is 10.5. The van der Waals surface area contributed by atoms with Gasteiger partial charge in [0.25, 0.3) is 5.91 Å². The molecule has 1 aromatic heterocycles. The molecular weight excluding hydrogens is 322 g/mol. The second-order valence-electron chi connectivity index (χ2n) is 5.07. The lowest BCUT2D eigenvalue weighted by Crippen LogP contribution is -2.37. The van der Waals surface area contributed by atoms with E-state index in [0.29, 0.717) is 10.9 Å². The standard InChI is InChI=1S/C15H16BrNOS/c16-11-5-7-12(8-6-11)17-15(18)14-9-10-3-1-2-4-13(10)19-14/h1-4,9,11-12H,5-8H2,(H,17,18). The highest BCUT2D eigenvalue weighted by Gasteiger charge is 2.21. The molecule has 1 saturated carbocycles. The van der Waals surface area contributed by atoms with Crippen molar-refractivity contribution in [3.05, 3.63) is 35.2 Å². The number of rotatable bonds is 2. The van der Waals surface area contributed by atoms with Gasteiger partial charge in [-0.05, 0) is 43.2 Å². The van der Waals surface area contributed by atoms with Crippen LogP contribution in [0.3, 0.4) is 0 Å². The zero-order valence-electron chi connectivity index (χ0n) is 10.6. The number of thiophene rings is 1. The van der Waals surface area contributed by atoms with E-state index in [-0.39, 0.29) is 5.91 Å². The summed E-state index contributed by atoms with van der Waals surface area (Å²) in [4.78, 5) is 13.7. The zero-order chi connectivity index (χ0) is 13.2. The molecule has 0 atom stereocenters. The number of halogens is 1. The summed E-state index contributed by atoms with van der Waals surface area (Å²) < 4.78 is 1.18. The first-order chi connectivity index (χ1) is 9.22. The van der Waals surface area contributed by atoms with Crippen LogP contribution in [0.25, 0.3) is 10.1 Å². The lowest BCUT2D eigenvalue weighted by molar-refractivity contribution is 0.0932. The summed E-state index contributed by atoms with van der Waals surface area (Å²) in [5.41, 5.74) is 0. The average Bonchev–Trinajstić information content (AvgIpc) is 2.85. The maximum Gasteiger partial charge on any atom is 0.261 e. The topological polar surface area (TPSA) is 29.1 Å². The van der Waals surface area contributed by atoms with Crippen molar-refractivity contribution in [2.45, 2.75) is 36.6 Å². The number of benzene rings is 1. The molecule has 0 aliphatic heterocycles. The second kappa shape index (κ2) is 5.63. The van der Waals surface area contributed by atoms with E-state index in [4.69, 9.17) is 0 Å². The molecule has 1 aliphatic rings. The third kappa shape index (κ3) is 3.00. The summed E-state index contributed by atoms with van der Waals surface area (Å²) in [5, 5.41) is 4.32. The van der Waals surface area contributed by atoms with Gasteiger partial charge < -0.3 is 5.32 Å². The summed E-state index contributed by atoms with van der Waals surface area (Å²) in [6.45, 7) is 0. The van der Waals surface area contributed by atoms with Crippen LogP contribution in [0.2, 0.25) is 0 Å². The number of carbonyl (C=O) groups excluding carboxylic acids is 1. The van der Waals surface area contributed by atoms with Crippen LogP contribution in [0, 0.1) is 0 Å². The third-order valence-electron chi connectivity index (χ3n) is 3.64. The molecule has 100 valence electrons. The number of hydrogen-bond donors (Lipinski definition) is 1. The first kappa shape index (κ1) is 13.1. The van der Waals surface area contributed by atoms with Crippen LogP contribution in [-0.2, 0) is 0 Å². The highest BCUT2D eigenvalue weighted by molar-refractivity contribution is 9.09. The van der Waals surface area contributed by atoms with Crippen molar-refractivity contribution in [1.29, 1.82) is 0 Å². The number of hydrogen-bond acceptors (Lipinski definition) is 2. The van der Waals surface area contributed by atoms with E-state index in [2.05, 4.69) is 33.4 Å². The third-order valence-corrected chi connectivity index (χ3v) is 5.67. The second-order valence-corrected chi connectivity index (χ2v) is 7.45. The predicted octanol–water partition coefficient (Wildman–Crippen LogP) is 4.34. The molecule has 1 aromatic carbocycles. The molecule has 0 radical (unpaired) electrons. The van der Waals surface area contributed by atoms with Gasteiger partial charge in [-0.2, -0.15) is 0 Å². The monoisotopic (exact) mass is 337 g/mol. The molecule has 3 rings (SSSR count). The Bertz CT molecular complexity index is 554. The van der Waals surface area contributed by atoms with Gasteiger partial charge in [-0.25, -0.2) is 0 Å². The van der Waals surface area contributed by atoms with Crippen LogP contribution in [0.1, 0.15) is 35.4 Å². The minimum atomic E-state index is 0.0826. The number of nitrogens with one attached hydrogen (secondary N) is 1. The van der Waals surface area contributed by atoms with E-state index in [1.165, 1.54) is 4.70 Å². The smallest absolute Gasteiger partial charge is 0.261 e. The van der Waals surface area contributed by atoms with Gasteiger partial charge in [-0.3, -0.25) is 4.79 Å². The SMILES string of the molecule is O=C(NC1CCC(Br)CC1)c1cc2ccccc2s1. The van der Waals surface area contributed by atoms with Crippen molar-refractivity contribution in [3.8, 4) is 0 Å². The Morgan fingerprint density at radius 3 is 2.68 bits per heavy atom. The van der Waals surface area contributed by atoms with Crippen LogP contribution >= 0.6 is 27.3 Å². The van der Waals surface area contributed by atoms with E-state index in [1.807, 2.05) is 18.2 Å². The van der Waals surface area contributed by atoms with Gasteiger partial charge in [0.2, 0.25) is 0 Å². The minimum absolute atomic E-state index is 0.0826. The lowest BCUT2D eigenvalue weighted by atomic mass is 9.95. The molecule has 1 N–H and O–H groups in total. The molecule has 1 aliphatic carbocycles. The summed E-state index contributed by atoms with van der Waals surface area (Å²) in [7, 11) is 0. The normalized spacial score (nSPS) is 23.4. The van der Waals surface area contributed by atoms with Crippen molar-refractivity contribution < 1.29 is 4.79 Å². The fraction of sp³-hybridized carbons (Fsp3) is 0.400. The van der Waals surface area contributed by atoms with Gasteiger partial charge >= 0.3 is 0 Å². The number of alkyl halides is 1. The quantitative estimate of drug-likeness (QED) is 0.811. The van der Waals surface area contributed by atoms with Gasteiger partial charge in [0.15, 0.2) is 0 Å². The molecule has 0 unspecified atom stereocenters. The summed E-state index contributed by atoms with van der Waals surface area (Å²) in [6.07, 6.45) is 4.45. The van der Waals surface area contributed by atoms with E-state index in [9.17, 15) is 4.79 Å². The van der Waals surface area contributed by atoms with Crippen molar-refractivity contribution in [1.82, 2.24) is 5.32 Å². The molecule has 0 bridgehead atoms. The molecule has 0 saturated heterocycles. The number of carbonyl (C=O) groups is 1. The van der Waals surface area contributed by atoms with Crippen LogP contribution in [0.5, 0.6) is 0 Å². The lowest BCUT2D eigenvalue weighted by Gasteiger charge is -2.25. The number of fused-ring (bicyclic) bond motifs is 1. The molecule has 2 nitrogen and oxygen atoms in total. The minimum Gasteiger partial charge on any atom is -0.349 e. The largest absolute Gasteiger partial charge is 0.349 e. The van der Waals surface area contributed by atoms with Gasteiger partial charge in [0.05, 0.1) is 4.88 Å². The molecule has 0 spiro atoms. The van der Waals surface area contributed by atoms with Crippen molar-refractivity contribution >= 4 is 43.3 Å². The summed E-state index contributed by atoms with van der Waals surface area (Å²) in [5.74, 6) is 0.0826. The van der Waals surface area contributed by atoms with E-state index in [0.717, 1.165) is 35.9 Å².